The van der Waals surface area contributed by atoms with E-state index in [2.05, 4.69) is 22.3 Å². The molecule has 2 amide bonds. The Morgan fingerprint density at radius 3 is 1.97 bits per heavy atom. The third kappa shape index (κ3) is 6.51. The fourth-order valence-corrected chi connectivity index (χ4v) is 4.21. The lowest BCUT2D eigenvalue weighted by Crippen LogP contribution is -2.55. The number of carbonyl (C=O) groups excluding carboxylic acids is 2. The van der Waals surface area contributed by atoms with E-state index >= 15 is 0 Å². The second kappa shape index (κ2) is 11.4. The molecule has 1 N–H and O–H groups in total. The number of rotatable bonds is 8. The number of nitro benzene ring substituents is 1. The molecule has 1 aliphatic heterocycles. The van der Waals surface area contributed by atoms with Gasteiger partial charge < -0.3 is 10.2 Å². The number of carbonyl (C=O) groups is 2. The average Bonchev–Trinajstić information content (AvgIpc) is 2.89. The maximum Gasteiger partial charge on any atom is 0.269 e. The quantitative estimate of drug-likeness (QED) is 0.401. The molecule has 1 fully saturated rings. The van der Waals surface area contributed by atoms with Gasteiger partial charge in [-0.2, -0.15) is 0 Å². The Hall–Kier alpha value is -4.04. The van der Waals surface area contributed by atoms with Crippen LogP contribution >= 0.6 is 0 Å². The fourth-order valence-electron chi connectivity index (χ4n) is 4.21. The minimum Gasteiger partial charge on any atom is -0.340 e. The van der Waals surface area contributed by atoms with Crippen molar-refractivity contribution in [3.8, 4) is 0 Å². The number of amides is 2. The minimum atomic E-state index is -0.735. The molecule has 1 unspecified atom stereocenters. The predicted octanol–water partition coefficient (Wildman–Crippen LogP) is 3.28. The zero-order chi connectivity index (χ0) is 24.6. The number of hydrogen-bond acceptors (Lipinski definition) is 5. The van der Waals surface area contributed by atoms with E-state index in [1.807, 2.05) is 53.4 Å². The second-order valence-corrected chi connectivity index (χ2v) is 8.61. The molecule has 0 spiro atoms. The van der Waals surface area contributed by atoms with E-state index in [9.17, 15) is 19.7 Å². The van der Waals surface area contributed by atoms with E-state index in [0.717, 1.165) is 25.2 Å². The van der Waals surface area contributed by atoms with Gasteiger partial charge in [0.1, 0.15) is 6.04 Å². The number of benzene rings is 3. The highest BCUT2D eigenvalue weighted by Crippen LogP contribution is 2.14. The Morgan fingerprint density at radius 1 is 0.829 bits per heavy atom. The molecule has 0 aromatic heterocycles. The lowest BCUT2D eigenvalue weighted by Gasteiger charge is -2.36. The lowest BCUT2D eigenvalue weighted by atomic mass is 10.0. The highest BCUT2D eigenvalue weighted by atomic mass is 16.6. The minimum absolute atomic E-state index is 0.0909. The van der Waals surface area contributed by atoms with Crippen LogP contribution in [0.3, 0.4) is 0 Å². The van der Waals surface area contributed by atoms with Crippen molar-refractivity contribution < 1.29 is 14.5 Å². The van der Waals surface area contributed by atoms with E-state index in [4.69, 9.17) is 0 Å². The Bertz CT molecular complexity index is 1140. The predicted molar refractivity (Wildman–Crippen MR) is 133 cm³/mol. The van der Waals surface area contributed by atoms with Crippen molar-refractivity contribution in [3.63, 3.8) is 0 Å². The van der Waals surface area contributed by atoms with Gasteiger partial charge in [-0.05, 0) is 23.3 Å². The lowest BCUT2D eigenvalue weighted by molar-refractivity contribution is -0.384. The SMILES string of the molecule is O=C(NC(Cc1ccccc1)C(=O)N1CCN(Cc2ccccc2)CC1)c1ccc([N+](=O)[O-])cc1. The third-order valence-electron chi connectivity index (χ3n) is 6.16. The molecule has 3 aromatic rings. The van der Waals surface area contributed by atoms with Crippen LogP contribution < -0.4 is 5.32 Å². The van der Waals surface area contributed by atoms with Gasteiger partial charge in [0.15, 0.2) is 0 Å². The van der Waals surface area contributed by atoms with Crippen LogP contribution in [0.25, 0.3) is 0 Å². The highest BCUT2D eigenvalue weighted by molar-refractivity contribution is 5.97. The van der Waals surface area contributed by atoms with Crippen molar-refractivity contribution in [3.05, 3.63) is 112 Å². The molecule has 4 rings (SSSR count). The van der Waals surface area contributed by atoms with Crippen LogP contribution in [0, 0.1) is 10.1 Å². The van der Waals surface area contributed by atoms with Gasteiger partial charge in [-0.1, -0.05) is 60.7 Å². The molecule has 1 heterocycles. The molecular weight excluding hydrogens is 444 g/mol. The summed E-state index contributed by atoms with van der Waals surface area (Å²) >= 11 is 0. The summed E-state index contributed by atoms with van der Waals surface area (Å²) in [6, 6.07) is 24.4. The first-order valence-corrected chi connectivity index (χ1v) is 11.6. The van der Waals surface area contributed by atoms with Gasteiger partial charge in [-0.25, -0.2) is 0 Å². The molecule has 180 valence electrons. The van der Waals surface area contributed by atoms with Crippen molar-refractivity contribution >= 4 is 17.5 Å². The Labute approximate surface area is 204 Å². The number of piperazine rings is 1. The summed E-state index contributed by atoms with van der Waals surface area (Å²) in [6.45, 7) is 3.53. The largest absolute Gasteiger partial charge is 0.340 e. The summed E-state index contributed by atoms with van der Waals surface area (Å²) in [5, 5.41) is 13.8. The maximum atomic E-state index is 13.5. The van der Waals surface area contributed by atoms with E-state index < -0.39 is 16.9 Å². The topological polar surface area (TPSA) is 95.8 Å². The molecule has 0 saturated carbocycles. The Balaban J connectivity index is 1.42. The van der Waals surface area contributed by atoms with Crippen LogP contribution in [-0.2, 0) is 17.8 Å². The van der Waals surface area contributed by atoms with E-state index in [0.29, 0.717) is 19.5 Å². The Kier molecular flexibility index (Phi) is 7.84. The molecule has 8 heteroatoms. The molecule has 3 aromatic carbocycles. The van der Waals surface area contributed by atoms with Crippen LogP contribution in [0.4, 0.5) is 5.69 Å². The molecular formula is C27H28N4O4. The first-order valence-electron chi connectivity index (χ1n) is 11.6. The van der Waals surface area contributed by atoms with Crippen molar-refractivity contribution in [1.29, 1.82) is 0 Å². The molecule has 0 aliphatic carbocycles. The summed E-state index contributed by atoms with van der Waals surface area (Å²) in [7, 11) is 0. The van der Waals surface area contributed by atoms with Gasteiger partial charge in [0, 0.05) is 56.8 Å². The number of nitro groups is 1. The van der Waals surface area contributed by atoms with Gasteiger partial charge in [0.25, 0.3) is 11.6 Å². The van der Waals surface area contributed by atoms with Crippen molar-refractivity contribution in [2.75, 3.05) is 26.2 Å². The van der Waals surface area contributed by atoms with Crippen molar-refractivity contribution in [2.24, 2.45) is 0 Å². The fraction of sp³-hybridized carbons (Fsp3) is 0.259. The Morgan fingerprint density at radius 2 is 1.40 bits per heavy atom. The van der Waals surface area contributed by atoms with Crippen molar-refractivity contribution in [1.82, 2.24) is 15.1 Å². The first kappa shape index (κ1) is 24.1. The molecule has 0 bridgehead atoms. The van der Waals surface area contributed by atoms with Gasteiger partial charge >= 0.3 is 0 Å². The highest BCUT2D eigenvalue weighted by Gasteiger charge is 2.29. The van der Waals surface area contributed by atoms with Crippen molar-refractivity contribution in [2.45, 2.75) is 19.0 Å². The normalized spacial score (nSPS) is 14.8. The summed E-state index contributed by atoms with van der Waals surface area (Å²) < 4.78 is 0. The monoisotopic (exact) mass is 472 g/mol. The molecule has 0 radical (unpaired) electrons. The zero-order valence-corrected chi connectivity index (χ0v) is 19.4. The standard InChI is InChI=1S/C27H28N4O4/c32-26(23-11-13-24(14-12-23)31(34)35)28-25(19-21-7-3-1-4-8-21)27(33)30-17-15-29(16-18-30)20-22-9-5-2-6-10-22/h1-14,25H,15-20H2,(H,28,32). The summed E-state index contributed by atoms with van der Waals surface area (Å²) in [5.41, 5.74) is 2.36. The van der Waals surface area contributed by atoms with E-state index in [1.165, 1.54) is 29.8 Å². The number of nitrogens with one attached hydrogen (secondary N) is 1. The van der Waals surface area contributed by atoms with E-state index in [-0.39, 0.29) is 17.2 Å². The maximum absolute atomic E-state index is 13.5. The number of nitrogens with zero attached hydrogens (tertiary/aromatic N) is 3. The second-order valence-electron chi connectivity index (χ2n) is 8.61. The average molecular weight is 473 g/mol. The molecule has 8 nitrogen and oxygen atoms in total. The van der Waals surface area contributed by atoms with E-state index in [1.54, 1.807) is 0 Å². The molecule has 1 aliphatic rings. The van der Waals surface area contributed by atoms with Gasteiger partial charge in [-0.15, -0.1) is 0 Å². The van der Waals surface area contributed by atoms with Gasteiger partial charge in [-0.3, -0.25) is 24.6 Å². The van der Waals surface area contributed by atoms with Crippen LogP contribution in [0.2, 0.25) is 0 Å². The van der Waals surface area contributed by atoms with Crippen LogP contribution in [0.15, 0.2) is 84.9 Å². The summed E-state index contributed by atoms with van der Waals surface area (Å²) in [6.07, 6.45) is 0.364. The van der Waals surface area contributed by atoms with Gasteiger partial charge in [0.2, 0.25) is 5.91 Å². The third-order valence-corrected chi connectivity index (χ3v) is 6.16. The zero-order valence-electron chi connectivity index (χ0n) is 19.4. The number of hydrogen-bond donors (Lipinski definition) is 1. The first-order chi connectivity index (χ1) is 17.0. The summed E-state index contributed by atoms with van der Waals surface area (Å²) in [4.78, 5) is 40.9. The molecule has 1 atom stereocenters. The summed E-state index contributed by atoms with van der Waals surface area (Å²) in [5.74, 6) is -0.555. The molecule has 35 heavy (non-hydrogen) atoms. The van der Waals surface area contributed by atoms with Gasteiger partial charge in [0.05, 0.1) is 4.92 Å². The van der Waals surface area contributed by atoms with Crippen LogP contribution in [0.5, 0.6) is 0 Å². The van der Waals surface area contributed by atoms with Crippen LogP contribution in [-0.4, -0.2) is 58.8 Å². The molecule has 1 saturated heterocycles. The smallest absolute Gasteiger partial charge is 0.269 e. The van der Waals surface area contributed by atoms with Crippen LogP contribution in [0.1, 0.15) is 21.5 Å². The number of non-ortho nitro benzene ring substituents is 1.